The Hall–Kier alpha value is -1.60. The number of thioether (sulfide) groups is 1. The summed E-state index contributed by atoms with van der Waals surface area (Å²) in [7, 11) is 0. The van der Waals surface area contributed by atoms with Crippen LogP contribution in [-0.2, 0) is 4.79 Å². The van der Waals surface area contributed by atoms with Crippen LogP contribution in [0.25, 0.3) is 0 Å². The number of carbonyl (C=O) groups is 1. The van der Waals surface area contributed by atoms with Crippen molar-refractivity contribution < 1.29 is 14.8 Å². The fraction of sp³-hybridized carbons (Fsp3) is 0.364. The van der Waals surface area contributed by atoms with Gasteiger partial charge in [0.1, 0.15) is 0 Å². The number of nitrogens with zero attached hydrogens (tertiary/aromatic N) is 1. The van der Waals surface area contributed by atoms with E-state index >= 15 is 0 Å². The fourth-order valence-electron chi connectivity index (χ4n) is 1.18. The van der Waals surface area contributed by atoms with Crippen molar-refractivity contribution in [3.8, 4) is 0 Å². The highest BCUT2D eigenvalue weighted by molar-refractivity contribution is 8.00. The van der Waals surface area contributed by atoms with Gasteiger partial charge in [-0.25, -0.2) is 0 Å². The normalized spacial score (nSPS) is 11.9. The molecule has 0 aliphatic heterocycles. The van der Waals surface area contributed by atoms with Crippen LogP contribution in [0.3, 0.4) is 0 Å². The Kier molecular flexibility index (Phi) is 5.60. The van der Waals surface area contributed by atoms with Crippen LogP contribution in [0.1, 0.15) is 6.92 Å². The van der Waals surface area contributed by atoms with E-state index in [0.29, 0.717) is 0 Å². The number of aliphatic hydroxyl groups is 1. The lowest BCUT2D eigenvalue weighted by atomic mass is 10.3. The van der Waals surface area contributed by atoms with Crippen molar-refractivity contribution in [2.24, 2.45) is 0 Å². The molecule has 0 radical (unpaired) electrons. The first-order valence-electron chi connectivity index (χ1n) is 5.30. The third-order valence-electron chi connectivity index (χ3n) is 2.10. The van der Waals surface area contributed by atoms with E-state index in [1.54, 1.807) is 19.1 Å². The first-order valence-corrected chi connectivity index (χ1v) is 6.29. The molecule has 98 valence electrons. The highest BCUT2D eigenvalue weighted by atomic mass is 32.2. The number of hydrogen-bond donors (Lipinski definition) is 2. The van der Waals surface area contributed by atoms with E-state index in [9.17, 15) is 14.9 Å². The maximum atomic E-state index is 11.4. The van der Waals surface area contributed by atoms with E-state index in [1.807, 2.05) is 0 Å². The molecule has 1 atom stereocenters. The minimum atomic E-state index is -0.468. The highest BCUT2D eigenvalue weighted by Gasteiger charge is 2.08. The summed E-state index contributed by atoms with van der Waals surface area (Å²) in [6.07, 6.45) is 0. The molecule has 1 amide bonds. The van der Waals surface area contributed by atoms with Gasteiger partial charge in [0, 0.05) is 23.1 Å². The highest BCUT2D eigenvalue weighted by Crippen LogP contribution is 2.20. The molecule has 0 bridgehead atoms. The van der Waals surface area contributed by atoms with Crippen LogP contribution in [0, 0.1) is 10.1 Å². The number of nitro benzene ring substituents is 1. The lowest BCUT2D eigenvalue weighted by Gasteiger charge is -2.10. The molecule has 0 saturated heterocycles. The van der Waals surface area contributed by atoms with Crippen molar-refractivity contribution >= 4 is 23.4 Å². The molecule has 0 aliphatic carbocycles. The summed E-state index contributed by atoms with van der Waals surface area (Å²) in [5.41, 5.74) is 0.0257. The summed E-state index contributed by atoms with van der Waals surface area (Å²) in [4.78, 5) is 22.2. The van der Waals surface area contributed by atoms with Gasteiger partial charge in [-0.3, -0.25) is 14.9 Å². The van der Waals surface area contributed by atoms with Crippen LogP contribution in [0.15, 0.2) is 29.2 Å². The van der Waals surface area contributed by atoms with Gasteiger partial charge in [0.05, 0.1) is 17.3 Å². The zero-order chi connectivity index (χ0) is 13.5. The summed E-state index contributed by atoms with van der Waals surface area (Å²) in [6.45, 7) is 1.60. The topological polar surface area (TPSA) is 92.5 Å². The molecule has 0 fully saturated rings. The summed E-state index contributed by atoms with van der Waals surface area (Å²) in [6, 6.07) is 5.74. The summed E-state index contributed by atoms with van der Waals surface area (Å²) in [5.74, 6) is 0.0298. The second-order valence-electron chi connectivity index (χ2n) is 3.69. The lowest BCUT2D eigenvalue weighted by Crippen LogP contribution is -2.36. The van der Waals surface area contributed by atoms with Gasteiger partial charge in [0.25, 0.3) is 5.69 Å². The predicted molar refractivity (Wildman–Crippen MR) is 68.5 cm³/mol. The van der Waals surface area contributed by atoms with Gasteiger partial charge in [-0.15, -0.1) is 11.8 Å². The van der Waals surface area contributed by atoms with Gasteiger partial charge >= 0.3 is 0 Å². The van der Waals surface area contributed by atoms with Crippen molar-refractivity contribution in [1.29, 1.82) is 0 Å². The third-order valence-corrected chi connectivity index (χ3v) is 3.11. The molecular formula is C11H14N2O4S. The number of nitrogens with one attached hydrogen (secondary N) is 1. The fourth-order valence-corrected chi connectivity index (χ4v) is 1.88. The zero-order valence-corrected chi connectivity index (χ0v) is 10.6. The van der Waals surface area contributed by atoms with Crippen LogP contribution in [0.5, 0.6) is 0 Å². The third kappa shape index (κ3) is 4.72. The Labute approximate surface area is 109 Å². The zero-order valence-electron chi connectivity index (χ0n) is 9.83. The molecule has 0 aromatic heterocycles. The number of benzene rings is 1. The van der Waals surface area contributed by atoms with Gasteiger partial charge in [0.15, 0.2) is 0 Å². The summed E-state index contributed by atoms with van der Waals surface area (Å²) in [5, 5.41) is 21.8. The van der Waals surface area contributed by atoms with E-state index < -0.39 is 4.92 Å². The molecule has 2 N–H and O–H groups in total. The second kappa shape index (κ2) is 6.97. The van der Waals surface area contributed by atoms with Crippen molar-refractivity contribution in [2.75, 3.05) is 12.4 Å². The SMILES string of the molecule is C[C@@H](CO)NC(=O)CSc1ccc([N+](=O)[O-])cc1. The number of hydrogen-bond acceptors (Lipinski definition) is 5. The van der Waals surface area contributed by atoms with E-state index in [1.165, 1.54) is 23.9 Å². The van der Waals surface area contributed by atoms with Crippen molar-refractivity contribution in [3.63, 3.8) is 0 Å². The molecule has 0 saturated carbocycles. The van der Waals surface area contributed by atoms with Crippen molar-refractivity contribution in [2.45, 2.75) is 17.9 Å². The quantitative estimate of drug-likeness (QED) is 0.460. The standard InChI is InChI=1S/C11H14N2O4S/c1-8(6-14)12-11(15)7-18-10-4-2-9(3-5-10)13(16)17/h2-5,8,14H,6-7H2,1H3,(H,12,15)/t8-/m0/s1. The van der Waals surface area contributed by atoms with Crippen LogP contribution >= 0.6 is 11.8 Å². The number of carbonyl (C=O) groups excluding carboxylic acids is 1. The monoisotopic (exact) mass is 270 g/mol. The Bertz CT molecular complexity index is 422. The molecule has 7 heteroatoms. The average Bonchev–Trinajstić information content (AvgIpc) is 2.36. The number of nitro groups is 1. The van der Waals surface area contributed by atoms with E-state index in [0.717, 1.165) is 4.90 Å². The maximum absolute atomic E-state index is 11.4. The largest absolute Gasteiger partial charge is 0.394 e. The van der Waals surface area contributed by atoms with Gasteiger partial charge < -0.3 is 10.4 Å². The van der Waals surface area contributed by atoms with Gasteiger partial charge in [-0.2, -0.15) is 0 Å². The number of rotatable bonds is 6. The minimum absolute atomic E-state index is 0.0257. The van der Waals surface area contributed by atoms with E-state index in [4.69, 9.17) is 5.11 Å². The second-order valence-corrected chi connectivity index (χ2v) is 4.74. The molecular weight excluding hydrogens is 256 g/mol. The maximum Gasteiger partial charge on any atom is 0.269 e. The smallest absolute Gasteiger partial charge is 0.269 e. The van der Waals surface area contributed by atoms with Gasteiger partial charge in [0.2, 0.25) is 5.91 Å². The van der Waals surface area contributed by atoms with Crippen LogP contribution in [-0.4, -0.2) is 34.3 Å². The number of non-ortho nitro benzene ring substituents is 1. The van der Waals surface area contributed by atoms with E-state index in [-0.39, 0.29) is 30.0 Å². The van der Waals surface area contributed by atoms with Crippen molar-refractivity contribution in [1.82, 2.24) is 5.32 Å². The van der Waals surface area contributed by atoms with E-state index in [2.05, 4.69) is 5.32 Å². The van der Waals surface area contributed by atoms with Crippen LogP contribution < -0.4 is 5.32 Å². The molecule has 18 heavy (non-hydrogen) atoms. The Morgan fingerprint density at radius 1 is 1.50 bits per heavy atom. The summed E-state index contributed by atoms with van der Waals surface area (Å²) < 4.78 is 0. The first kappa shape index (κ1) is 14.5. The summed E-state index contributed by atoms with van der Waals surface area (Å²) >= 11 is 1.29. The molecule has 1 aromatic carbocycles. The van der Waals surface area contributed by atoms with Gasteiger partial charge in [-0.1, -0.05) is 0 Å². The molecule has 1 aromatic rings. The predicted octanol–water partition coefficient (Wildman–Crippen LogP) is 1.18. The van der Waals surface area contributed by atoms with Crippen LogP contribution in [0.4, 0.5) is 5.69 Å². The minimum Gasteiger partial charge on any atom is -0.394 e. The number of aliphatic hydroxyl groups excluding tert-OH is 1. The Balaban J connectivity index is 2.44. The Morgan fingerprint density at radius 3 is 2.61 bits per heavy atom. The molecule has 0 heterocycles. The molecule has 6 nitrogen and oxygen atoms in total. The lowest BCUT2D eigenvalue weighted by molar-refractivity contribution is -0.384. The van der Waals surface area contributed by atoms with Gasteiger partial charge in [-0.05, 0) is 19.1 Å². The molecule has 0 spiro atoms. The molecule has 1 rings (SSSR count). The molecule has 0 aliphatic rings. The number of amides is 1. The van der Waals surface area contributed by atoms with Crippen molar-refractivity contribution in [3.05, 3.63) is 34.4 Å². The molecule has 0 unspecified atom stereocenters. The first-order chi connectivity index (χ1) is 8.52. The average molecular weight is 270 g/mol. The van der Waals surface area contributed by atoms with Crippen LogP contribution in [0.2, 0.25) is 0 Å². The Morgan fingerprint density at radius 2 is 2.11 bits per heavy atom.